The second-order valence-corrected chi connectivity index (χ2v) is 7.13. The molecule has 0 aliphatic rings. The van der Waals surface area contributed by atoms with Crippen molar-refractivity contribution in [3.63, 3.8) is 0 Å². The number of halogens is 3. The lowest BCUT2D eigenvalue weighted by molar-refractivity contribution is -0.139. The summed E-state index contributed by atoms with van der Waals surface area (Å²) in [6.45, 7) is 3.41. The van der Waals surface area contributed by atoms with Crippen molar-refractivity contribution in [3.8, 4) is 17.1 Å². The van der Waals surface area contributed by atoms with Gasteiger partial charge in [0.15, 0.2) is 10.8 Å². The third kappa shape index (κ3) is 5.86. The van der Waals surface area contributed by atoms with Crippen LogP contribution in [-0.2, 0) is 22.3 Å². The molecule has 2 aromatic heterocycles. The lowest BCUT2D eigenvalue weighted by Gasteiger charge is -2.14. The minimum atomic E-state index is -4.55. The maximum absolute atomic E-state index is 13.2. The average molecular weight is 439 g/mol. The highest BCUT2D eigenvalue weighted by molar-refractivity contribution is 7.09. The summed E-state index contributed by atoms with van der Waals surface area (Å²) in [6.07, 6.45) is -1.21. The van der Waals surface area contributed by atoms with Crippen LogP contribution < -0.4 is 4.74 Å². The van der Waals surface area contributed by atoms with E-state index in [1.54, 1.807) is 13.8 Å². The molecule has 0 bridgehead atoms. The third-order valence-corrected chi connectivity index (χ3v) is 4.15. The highest BCUT2D eigenvalue weighted by atomic mass is 32.1. The first kappa shape index (κ1) is 21.4. The van der Waals surface area contributed by atoms with E-state index in [1.165, 1.54) is 40.1 Å². The fourth-order valence-corrected chi connectivity index (χ4v) is 2.73. The first-order valence-corrected chi connectivity index (χ1v) is 9.49. The van der Waals surface area contributed by atoms with Gasteiger partial charge >= 0.3 is 12.1 Å². The molecule has 0 saturated heterocycles. The number of carbonyl (C=O) groups excluding carboxylic acids is 1. The molecular formula is C18H16F3N5O3S. The molecule has 0 aliphatic heterocycles. The van der Waals surface area contributed by atoms with E-state index >= 15 is 0 Å². The number of esters is 1. The second kappa shape index (κ2) is 9.03. The Kier molecular flexibility index (Phi) is 6.45. The van der Waals surface area contributed by atoms with E-state index < -0.39 is 17.7 Å². The first-order valence-electron chi connectivity index (χ1n) is 8.61. The van der Waals surface area contributed by atoms with Gasteiger partial charge in [-0.1, -0.05) is 0 Å². The molecule has 0 amide bonds. The van der Waals surface area contributed by atoms with Gasteiger partial charge in [-0.15, -0.1) is 26.6 Å². The molecule has 3 aromatic rings. The topological polar surface area (TPSA) is 92.0 Å². The number of benzene rings is 1. The smallest absolute Gasteiger partial charge is 0.416 e. The summed E-state index contributed by atoms with van der Waals surface area (Å²) in [5, 5.41) is 12.0. The Morgan fingerprint density at radius 3 is 2.77 bits per heavy atom. The molecule has 1 aromatic carbocycles. The normalized spacial score (nSPS) is 11.9. The van der Waals surface area contributed by atoms with Gasteiger partial charge in [-0.3, -0.25) is 0 Å². The Bertz CT molecular complexity index is 1030. The summed E-state index contributed by atoms with van der Waals surface area (Å²) in [6, 6.07) is 3.29. The fourth-order valence-electron chi connectivity index (χ4n) is 2.29. The zero-order chi connectivity index (χ0) is 21.7. The second-order valence-electron chi connectivity index (χ2n) is 6.21. The highest BCUT2D eigenvalue weighted by Crippen LogP contribution is 2.35. The minimum Gasteiger partial charge on any atom is -0.491 e. The SMILES string of the molecule is CC(C)Oc1cc(-c2ncn(C=CC(=O)OCc3nncs3)n2)cc(C(F)(F)F)c1. The Labute approximate surface area is 173 Å². The standard InChI is InChI=1S/C18H16F3N5O3S/c1-11(2)29-14-6-12(5-13(7-14)18(19,20)21)17-22-9-26(25-17)4-3-16(27)28-8-15-24-23-10-30-15/h3-7,9-11H,8H2,1-2H3. The molecule has 0 saturated carbocycles. The number of carbonyl (C=O) groups is 1. The van der Waals surface area contributed by atoms with Crippen LogP contribution in [0.25, 0.3) is 17.6 Å². The van der Waals surface area contributed by atoms with Crippen LogP contribution in [0.1, 0.15) is 24.4 Å². The Balaban J connectivity index is 1.75. The van der Waals surface area contributed by atoms with Gasteiger partial charge in [0, 0.05) is 17.8 Å². The number of aromatic nitrogens is 5. The van der Waals surface area contributed by atoms with E-state index in [9.17, 15) is 18.0 Å². The van der Waals surface area contributed by atoms with Crippen LogP contribution in [-0.4, -0.2) is 37.0 Å². The van der Waals surface area contributed by atoms with Gasteiger partial charge in [0.25, 0.3) is 0 Å². The van der Waals surface area contributed by atoms with Crippen molar-refractivity contribution < 1.29 is 27.4 Å². The molecule has 0 spiro atoms. The molecule has 3 rings (SSSR count). The molecule has 30 heavy (non-hydrogen) atoms. The Hall–Kier alpha value is -3.28. The molecule has 0 radical (unpaired) electrons. The lowest BCUT2D eigenvalue weighted by atomic mass is 10.1. The van der Waals surface area contributed by atoms with E-state index in [1.807, 2.05) is 0 Å². The summed E-state index contributed by atoms with van der Waals surface area (Å²) in [5.41, 5.74) is 0.774. The number of hydrogen-bond acceptors (Lipinski definition) is 8. The number of rotatable bonds is 7. The molecule has 0 aliphatic carbocycles. The number of nitrogens with zero attached hydrogens (tertiary/aromatic N) is 5. The predicted molar refractivity (Wildman–Crippen MR) is 101 cm³/mol. The quantitative estimate of drug-likeness (QED) is 0.408. The monoisotopic (exact) mass is 439 g/mol. The maximum atomic E-state index is 13.2. The summed E-state index contributed by atoms with van der Waals surface area (Å²) >= 11 is 1.25. The highest BCUT2D eigenvalue weighted by Gasteiger charge is 2.32. The van der Waals surface area contributed by atoms with Gasteiger partial charge in [0.2, 0.25) is 0 Å². The Morgan fingerprint density at radius 2 is 2.10 bits per heavy atom. The summed E-state index contributed by atoms with van der Waals surface area (Å²) in [5.74, 6) is -0.544. The first-order chi connectivity index (χ1) is 14.2. The molecule has 0 N–H and O–H groups in total. The van der Waals surface area contributed by atoms with Crippen molar-refractivity contribution in [3.05, 3.63) is 46.7 Å². The van der Waals surface area contributed by atoms with E-state index in [4.69, 9.17) is 9.47 Å². The lowest BCUT2D eigenvalue weighted by Crippen LogP contribution is -2.09. The van der Waals surface area contributed by atoms with Gasteiger partial charge < -0.3 is 9.47 Å². The molecule has 12 heteroatoms. The molecule has 8 nitrogen and oxygen atoms in total. The summed E-state index contributed by atoms with van der Waals surface area (Å²) in [4.78, 5) is 15.7. The zero-order valence-corrected chi connectivity index (χ0v) is 16.6. The van der Waals surface area contributed by atoms with Crippen LogP contribution in [0.15, 0.2) is 36.1 Å². The van der Waals surface area contributed by atoms with Crippen molar-refractivity contribution in [1.29, 1.82) is 0 Å². The Morgan fingerprint density at radius 1 is 1.30 bits per heavy atom. The van der Waals surface area contributed by atoms with Gasteiger partial charge in [-0.2, -0.15) is 13.2 Å². The van der Waals surface area contributed by atoms with Gasteiger partial charge in [0.1, 0.15) is 24.2 Å². The van der Waals surface area contributed by atoms with E-state index in [2.05, 4.69) is 20.3 Å². The predicted octanol–water partition coefficient (Wildman–Crippen LogP) is 3.82. The van der Waals surface area contributed by atoms with Crippen molar-refractivity contribution in [1.82, 2.24) is 25.0 Å². The summed E-state index contributed by atoms with van der Waals surface area (Å²) in [7, 11) is 0. The largest absolute Gasteiger partial charge is 0.491 e. The van der Waals surface area contributed by atoms with Crippen molar-refractivity contribution >= 4 is 23.5 Å². The van der Waals surface area contributed by atoms with Crippen molar-refractivity contribution in [2.45, 2.75) is 32.7 Å². The van der Waals surface area contributed by atoms with Crippen LogP contribution in [0.4, 0.5) is 13.2 Å². The van der Waals surface area contributed by atoms with Gasteiger partial charge in [-0.05, 0) is 32.0 Å². The van der Waals surface area contributed by atoms with E-state index in [-0.39, 0.29) is 29.8 Å². The van der Waals surface area contributed by atoms with Crippen molar-refractivity contribution in [2.24, 2.45) is 0 Å². The van der Waals surface area contributed by atoms with Crippen LogP contribution in [0.5, 0.6) is 5.75 Å². The number of alkyl halides is 3. The maximum Gasteiger partial charge on any atom is 0.416 e. The number of hydrogen-bond donors (Lipinski definition) is 0. The van der Waals surface area contributed by atoms with Crippen LogP contribution >= 0.6 is 11.3 Å². The van der Waals surface area contributed by atoms with Crippen LogP contribution in [0.2, 0.25) is 0 Å². The van der Waals surface area contributed by atoms with E-state index in [0.29, 0.717) is 5.01 Å². The number of ether oxygens (including phenoxy) is 2. The minimum absolute atomic E-state index is 0.0146. The van der Waals surface area contributed by atoms with Gasteiger partial charge in [-0.25, -0.2) is 14.5 Å². The molecular weight excluding hydrogens is 423 g/mol. The average Bonchev–Trinajstić information content (AvgIpc) is 3.35. The fraction of sp³-hybridized carbons (Fsp3) is 0.278. The van der Waals surface area contributed by atoms with E-state index in [0.717, 1.165) is 18.2 Å². The molecule has 0 unspecified atom stereocenters. The molecule has 0 atom stereocenters. The molecule has 2 heterocycles. The van der Waals surface area contributed by atoms with Crippen LogP contribution in [0.3, 0.4) is 0 Å². The van der Waals surface area contributed by atoms with Crippen LogP contribution in [0, 0.1) is 0 Å². The van der Waals surface area contributed by atoms with Crippen molar-refractivity contribution in [2.75, 3.05) is 0 Å². The van der Waals surface area contributed by atoms with Gasteiger partial charge in [0.05, 0.1) is 11.7 Å². The third-order valence-electron chi connectivity index (χ3n) is 3.48. The molecule has 0 fully saturated rings. The zero-order valence-electron chi connectivity index (χ0n) is 15.8. The molecule has 158 valence electrons. The summed E-state index contributed by atoms with van der Waals surface area (Å²) < 4.78 is 51.2.